The van der Waals surface area contributed by atoms with Crippen molar-refractivity contribution in [3.63, 3.8) is 0 Å². The van der Waals surface area contributed by atoms with E-state index in [1.165, 1.54) is 33.5 Å². The number of nitrogens with zero attached hydrogens (tertiary/aromatic N) is 5. The first-order chi connectivity index (χ1) is 18.9. The maximum Gasteiger partial charge on any atom is 0.243 e. The third kappa shape index (κ3) is 6.32. The summed E-state index contributed by atoms with van der Waals surface area (Å²) >= 11 is 5.95. The Morgan fingerprint density at radius 1 is 1.10 bits per heavy atom. The third-order valence-electron chi connectivity index (χ3n) is 6.53. The number of ether oxygens (including phenoxy) is 4. The van der Waals surface area contributed by atoms with Crippen LogP contribution in [-0.4, -0.2) is 64.3 Å². The summed E-state index contributed by atoms with van der Waals surface area (Å²) in [6.45, 7) is 9.11. The van der Waals surface area contributed by atoms with Gasteiger partial charge in [0.15, 0.2) is 11.6 Å². The summed E-state index contributed by atoms with van der Waals surface area (Å²) < 4.78 is 55.4. The van der Waals surface area contributed by atoms with Crippen LogP contribution in [0.2, 0.25) is 5.02 Å². The second kappa shape index (κ2) is 11.9. The Morgan fingerprint density at radius 3 is 2.25 bits per heavy atom. The Labute approximate surface area is 239 Å². The van der Waals surface area contributed by atoms with E-state index in [1.54, 1.807) is 36.6 Å². The van der Waals surface area contributed by atoms with Crippen LogP contribution in [0.15, 0.2) is 30.6 Å². The maximum atomic E-state index is 13.8. The van der Waals surface area contributed by atoms with Crippen molar-refractivity contribution in [1.29, 1.82) is 0 Å². The van der Waals surface area contributed by atoms with Gasteiger partial charge in [0, 0.05) is 12.4 Å². The molecule has 218 valence electrons. The van der Waals surface area contributed by atoms with Crippen LogP contribution in [0.3, 0.4) is 0 Å². The zero-order valence-electron chi connectivity index (χ0n) is 23.6. The molecule has 1 aromatic carbocycles. The van der Waals surface area contributed by atoms with Gasteiger partial charge in [-0.15, -0.1) is 10.2 Å². The number of anilines is 1. The molecule has 40 heavy (non-hydrogen) atoms. The summed E-state index contributed by atoms with van der Waals surface area (Å²) in [5.74, 6) is 1.41. The first-order valence-electron chi connectivity index (χ1n) is 12.9. The Kier molecular flexibility index (Phi) is 8.88. The lowest BCUT2D eigenvalue weighted by atomic mass is 10.1. The van der Waals surface area contributed by atoms with Crippen molar-refractivity contribution < 1.29 is 27.4 Å². The average molecular weight is 595 g/mol. The highest BCUT2D eigenvalue weighted by molar-refractivity contribution is 7.93. The number of hydrogen-bond donors (Lipinski definition) is 1. The zero-order valence-corrected chi connectivity index (χ0v) is 25.2. The fourth-order valence-corrected chi connectivity index (χ4v) is 5.72. The Balaban J connectivity index is 1.80. The van der Waals surface area contributed by atoms with E-state index in [0.717, 1.165) is 6.42 Å². The fourth-order valence-electron chi connectivity index (χ4n) is 4.53. The SMILES string of the molecule is COc1cccc(OC)c1-n1c(NS(=O)(=O)C(C)C(OC(C)C)c2ncc(Cl)cn2)nnc1[C@@H]1CCC(C)(C)O1. The number of para-hydroxylation sites is 1. The Hall–Kier alpha value is -3.00. The minimum absolute atomic E-state index is 0.0572. The quantitative estimate of drug-likeness (QED) is 0.333. The van der Waals surface area contributed by atoms with E-state index in [-0.39, 0.29) is 23.5 Å². The number of rotatable bonds is 11. The molecule has 0 amide bonds. The molecule has 14 heteroatoms. The number of hydrogen-bond acceptors (Lipinski definition) is 10. The second-order valence-electron chi connectivity index (χ2n) is 10.4. The van der Waals surface area contributed by atoms with Gasteiger partial charge in [0.1, 0.15) is 34.6 Å². The summed E-state index contributed by atoms with van der Waals surface area (Å²) in [6, 6.07) is 5.25. The van der Waals surface area contributed by atoms with Gasteiger partial charge in [0.25, 0.3) is 0 Å². The van der Waals surface area contributed by atoms with Crippen LogP contribution in [0.5, 0.6) is 11.5 Å². The molecule has 1 aliphatic rings. The van der Waals surface area contributed by atoms with Gasteiger partial charge in [-0.3, -0.25) is 9.29 Å². The standard InChI is InChI=1S/C26H35ClN6O6S/c1-15(2)38-22(23-28-13-17(27)14-29-23)16(3)40(34,35)32-25-31-30-24(20-11-12-26(4,5)39-20)33(25)21-18(36-6)9-8-10-19(21)37-7/h8-10,13-16,20,22H,11-12H2,1-7H3,(H,31,32)/t16?,20-,22?/m0/s1. The van der Waals surface area contributed by atoms with E-state index >= 15 is 0 Å². The van der Waals surface area contributed by atoms with E-state index in [2.05, 4.69) is 24.9 Å². The Bertz CT molecular complexity index is 1410. The molecule has 1 N–H and O–H groups in total. The van der Waals surface area contributed by atoms with E-state index in [1.807, 2.05) is 13.8 Å². The summed E-state index contributed by atoms with van der Waals surface area (Å²) in [5.41, 5.74) is 0.0580. The molecule has 12 nitrogen and oxygen atoms in total. The number of halogens is 1. The summed E-state index contributed by atoms with van der Waals surface area (Å²) in [7, 11) is -1.12. The molecule has 2 aromatic heterocycles. The monoisotopic (exact) mass is 594 g/mol. The van der Waals surface area contributed by atoms with Gasteiger partial charge in [-0.1, -0.05) is 17.7 Å². The van der Waals surface area contributed by atoms with Gasteiger partial charge in [-0.2, -0.15) is 0 Å². The maximum absolute atomic E-state index is 13.8. The molecule has 0 radical (unpaired) electrons. The van der Waals surface area contributed by atoms with Crippen molar-refractivity contribution in [2.24, 2.45) is 0 Å². The molecule has 0 bridgehead atoms. The number of sulfonamides is 1. The van der Waals surface area contributed by atoms with Crippen LogP contribution >= 0.6 is 11.6 Å². The molecule has 1 aliphatic heterocycles. The number of benzene rings is 1. The predicted octanol–water partition coefficient (Wildman–Crippen LogP) is 4.65. The first kappa shape index (κ1) is 30.0. The van der Waals surface area contributed by atoms with Crippen LogP contribution in [0, 0.1) is 0 Å². The highest BCUT2D eigenvalue weighted by Crippen LogP contribution is 2.43. The van der Waals surface area contributed by atoms with Crippen molar-refractivity contribution in [3.05, 3.63) is 47.3 Å². The first-order valence-corrected chi connectivity index (χ1v) is 14.8. The van der Waals surface area contributed by atoms with Gasteiger partial charge in [0.05, 0.1) is 30.9 Å². The smallest absolute Gasteiger partial charge is 0.243 e. The van der Waals surface area contributed by atoms with Gasteiger partial charge in [0.2, 0.25) is 16.0 Å². The van der Waals surface area contributed by atoms with E-state index < -0.39 is 27.5 Å². The molecule has 2 unspecified atom stereocenters. The molecule has 0 saturated carbocycles. The predicted molar refractivity (Wildman–Crippen MR) is 150 cm³/mol. The topological polar surface area (TPSA) is 140 Å². The van der Waals surface area contributed by atoms with E-state index in [0.29, 0.717) is 34.5 Å². The molecule has 1 fully saturated rings. The van der Waals surface area contributed by atoms with Gasteiger partial charge in [-0.05, 0) is 59.6 Å². The molecule has 4 rings (SSSR count). The number of aromatic nitrogens is 5. The van der Waals surface area contributed by atoms with Crippen molar-refractivity contribution in [2.75, 3.05) is 18.9 Å². The Morgan fingerprint density at radius 2 is 1.73 bits per heavy atom. The molecule has 0 aliphatic carbocycles. The van der Waals surface area contributed by atoms with Crippen LogP contribution in [0.4, 0.5) is 5.95 Å². The van der Waals surface area contributed by atoms with Crippen molar-refractivity contribution >= 4 is 27.6 Å². The van der Waals surface area contributed by atoms with E-state index in [4.69, 9.17) is 30.5 Å². The van der Waals surface area contributed by atoms with Crippen molar-refractivity contribution in [3.8, 4) is 17.2 Å². The van der Waals surface area contributed by atoms with Gasteiger partial charge < -0.3 is 18.9 Å². The lowest BCUT2D eigenvalue weighted by molar-refractivity contribution is -0.0207. The summed E-state index contributed by atoms with van der Waals surface area (Å²) in [6.07, 6.45) is 2.52. The molecule has 3 heterocycles. The molecule has 1 saturated heterocycles. The molecular formula is C26H35ClN6O6S. The minimum atomic E-state index is -4.15. The third-order valence-corrected chi connectivity index (χ3v) is 8.42. The second-order valence-corrected chi connectivity index (χ2v) is 12.8. The highest BCUT2D eigenvalue weighted by Gasteiger charge is 2.39. The zero-order chi connectivity index (χ0) is 29.2. The lowest BCUT2D eigenvalue weighted by Crippen LogP contribution is -2.35. The van der Waals surface area contributed by atoms with Crippen molar-refractivity contribution in [1.82, 2.24) is 24.7 Å². The van der Waals surface area contributed by atoms with E-state index in [9.17, 15) is 8.42 Å². The highest BCUT2D eigenvalue weighted by atomic mass is 35.5. The number of nitrogens with one attached hydrogen (secondary N) is 1. The van der Waals surface area contributed by atoms with Gasteiger partial charge in [-0.25, -0.2) is 18.4 Å². The molecule has 3 atom stereocenters. The summed E-state index contributed by atoms with van der Waals surface area (Å²) in [4.78, 5) is 8.42. The average Bonchev–Trinajstić information content (AvgIpc) is 3.48. The van der Waals surface area contributed by atoms with Crippen LogP contribution in [0.25, 0.3) is 5.69 Å². The van der Waals surface area contributed by atoms with Crippen LogP contribution in [-0.2, 0) is 19.5 Å². The summed E-state index contributed by atoms with van der Waals surface area (Å²) in [5, 5.41) is 7.81. The lowest BCUT2D eigenvalue weighted by Gasteiger charge is -2.26. The molecular weight excluding hydrogens is 560 g/mol. The van der Waals surface area contributed by atoms with Crippen LogP contribution < -0.4 is 14.2 Å². The fraction of sp³-hybridized carbons (Fsp3) is 0.538. The molecule has 3 aromatic rings. The van der Waals surface area contributed by atoms with Crippen LogP contribution in [0.1, 0.15) is 71.3 Å². The van der Waals surface area contributed by atoms with Gasteiger partial charge >= 0.3 is 0 Å². The largest absolute Gasteiger partial charge is 0.494 e. The minimum Gasteiger partial charge on any atom is -0.494 e. The number of methoxy groups -OCH3 is 2. The van der Waals surface area contributed by atoms with Crippen molar-refractivity contribution in [2.45, 2.75) is 76.6 Å². The normalized spacial score (nSPS) is 18.5. The molecule has 0 spiro atoms.